The lowest BCUT2D eigenvalue weighted by Gasteiger charge is -2.00. The van der Waals surface area contributed by atoms with Gasteiger partial charge in [0.2, 0.25) is 0 Å². The Kier molecular flexibility index (Phi) is 4.39. The lowest BCUT2D eigenvalue weighted by Crippen LogP contribution is -2.10. The molecular formula is C16H13N3O4S. The Bertz CT molecular complexity index is 883. The highest BCUT2D eigenvalue weighted by Crippen LogP contribution is 2.26. The Hall–Kier alpha value is -3.00. The van der Waals surface area contributed by atoms with E-state index in [0.717, 1.165) is 23.7 Å². The van der Waals surface area contributed by atoms with Crippen molar-refractivity contribution >= 4 is 28.3 Å². The van der Waals surface area contributed by atoms with E-state index in [0.29, 0.717) is 5.13 Å². The van der Waals surface area contributed by atoms with Gasteiger partial charge in [-0.1, -0.05) is 31.2 Å². The first kappa shape index (κ1) is 15.9. The molecule has 3 rings (SSSR count). The molecule has 24 heavy (non-hydrogen) atoms. The van der Waals surface area contributed by atoms with Gasteiger partial charge in [-0.05, 0) is 18.1 Å². The lowest BCUT2D eigenvalue weighted by molar-refractivity contribution is -0.402. The van der Waals surface area contributed by atoms with E-state index in [2.05, 4.69) is 17.2 Å². The molecule has 0 spiro atoms. The number of nitro groups is 1. The maximum atomic E-state index is 12.0. The molecule has 0 aliphatic heterocycles. The molecule has 1 amide bonds. The van der Waals surface area contributed by atoms with E-state index >= 15 is 0 Å². The minimum Gasteiger partial charge on any atom is -0.395 e. The van der Waals surface area contributed by atoms with Crippen LogP contribution in [0.25, 0.3) is 11.3 Å². The minimum absolute atomic E-state index is 0.134. The summed E-state index contributed by atoms with van der Waals surface area (Å²) in [6.45, 7) is 2.09. The van der Waals surface area contributed by atoms with E-state index < -0.39 is 16.7 Å². The van der Waals surface area contributed by atoms with Crippen molar-refractivity contribution in [2.45, 2.75) is 13.3 Å². The van der Waals surface area contributed by atoms with Gasteiger partial charge in [0, 0.05) is 10.9 Å². The number of benzene rings is 1. The number of nitrogens with one attached hydrogen (secondary N) is 1. The molecular weight excluding hydrogens is 330 g/mol. The molecule has 3 aromatic rings. The summed E-state index contributed by atoms with van der Waals surface area (Å²) in [6.07, 6.45) is 0.966. The number of furan rings is 1. The van der Waals surface area contributed by atoms with E-state index in [1.54, 1.807) is 0 Å². The average Bonchev–Trinajstić information content (AvgIpc) is 3.24. The van der Waals surface area contributed by atoms with Crippen LogP contribution in [-0.2, 0) is 6.42 Å². The number of aromatic nitrogens is 1. The van der Waals surface area contributed by atoms with Gasteiger partial charge in [0.15, 0.2) is 10.9 Å². The van der Waals surface area contributed by atoms with E-state index in [1.807, 2.05) is 29.6 Å². The molecule has 122 valence electrons. The SMILES string of the molecule is CCc1ccc(-c2csc(NC(=O)c3ccc([N+](=O)[O-])o3)n2)cc1. The van der Waals surface area contributed by atoms with E-state index in [1.165, 1.54) is 23.0 Å². The zero-order chi connectivity index (χ0) is 17.1. The molecule has 0 saturated heterocycles. The quantitative estimate of drug-likeness (QED) is 0.555. The van der Waals surface area contributed by atoms with Gasteiger partial charge >= 0.3 is 5.88 Å². The number of hydrogen-bond acceptors (Lipinski definition) is 6. The Morgan fingerprint density at radius 2 is 2.04 bits per heavy atom. The Labute approximate surface area is 141 Å². The predicted octanol–water partition coefficient (Wildman–Crippen LogP) is 4.13. The summed E-state index contributed by atoms with van der Waals surface area (Å²) in [4.78, 5) is 26.2. The van der Waals surface area contributed by atoms with Gasteiger partial charge in [-0.3, -0.25) is 20.2 Å². The van der Waals surface area contributed by atoms with Crippen LogP contribution >= 0.6 is 11.3 Å². The van der Waals surface area contributed by atoms with Crippen molar-refractivity contribution in [1.29, 1.82) is 0 Å². The first-order valence-corrected chi connectivity index (χ1v) is 8.05. The molecule has 0 atom stereocenters. The Morgan fingerprint density at radius 1 is 1.29 bits per heavy atom. The van der Waals surface area contributed by atoms with Crippen molar-refractivity contribution < 1.29 is 14.1 Å². The van der Waals surface area contributed by atoms with Gasteiger partial charge in [0.1, 0.15) is 4.92 Å². The molecule has 7 nitrogen and oxygen atoms in total. The minimum atomic E-state index is -0.696. The number of carbonyl (C=O) groups excluding carboxylic acids is 1. The highest BCUT2D eigenvalue weighted by atomic mass is 32.1. The third-order valence-corrected chi connectivity index (χ3v) is 4.14. The van der Waals surface area contributed by atoms with Crippen molar-refractivity contribution in [2.75, 3.05) is 5.32 Å². The maximum Gasteiger partial charge on any atom is 0.433 e. The first-order chi connectivity index (χ1) is 11.6. The first-order valence-electron chi connectivity index (χ1n) is 7.17. The number of rotatable bonds is 5. The summed E-state index contributed by atoms with van der Waals surface area (Å²) >= 11 is 1.27. The summed E-state index contributed by atoms with van der Waals surface area (Å²) in [7, 11) is 0. The summed E-state index contributed by atoms with van der Waals surface area (Å²) in [5, 5.41) is 15.4. The van der Waals surface area contributed by atoms with Gasteiger partial charge in [-0.15, -0.1) is 11.3 Å². The molecule has 0 fully saturated rings. The second-order valence-corrected chi connectivity index (χ2v) is 5.80. The second-order valence-electron chi connectivity index (χ2n) is 4.94. The van der Waals surface area contributed by atoms with E-state index in [9.17, 15) is 14.9 Å². The molecule has 8 heteroatoms. The van der Waals surface area contributed by atoms with Crippen LogP contribution in [0.1, 0.15) is 23.0 Å². The molecule has 2 heterocycles. The third-order valence-electron chi connectivity index (χ3n) is 3.38. The molecule has 0 aliphatic carbocycles. The van der Waals surface area contributed by atoms with Gasteiger partial charge in [0.05, 0.1) is 11.8 Å². The number of nitrogens with zero attached hydrogens (tertiary/aromatic N) is 2. The number of thiazole rings is 1. The number of carbonyl (C=O) groups is 1. The number of amides is 1. The molecule has 0 unspecified atom stereocenters. The van der Waals surface area contributed by atoms with Gasteiger partial charge in [-0.25, -0.2) is 4.98 Å². The zero-order valence-electron chi connectivity index (χ0n) is 12.7. The second kappa shape index (κ2) is 6.63. The third kappa shape index (κ3) is 3.33. The van der Waals surface area contributed by atoms with Gasteiger partial charge in [-0.2, -0.15) is 0 Å². The van der Waals surface area contributed by atoms with Gasteiger partial charge < -0.3 is 4.42 Å². The van der Waals surface area contributed by atoms with Crippen molar-refractivity contribution in [2.24, 2.45) is 0 Å². The lowest BCUT2D eigenvalue weighted by atomic mass is 10.1. The fourth-order valence-electron chi connectivity index (χ4n) is 2.08. The van der Waals surface area contributed by atoms with Crippen LogP contribution in [0.5, 0.6) is 0 Å². The fraction of sp³-hybridized carbons (Fsp3) is 0.125. The average molecular weight is 343 g/mol. The van der Waals surface area contributed by atoms with E-state index in [-0.39, 0.29) is 5.76 Å². The number of aryl methyl sites for hydroxylation is 1. The summed E-state index contributed by atoms with van der Waals surface area (Å²) in [5.41, 5.74) is 2.95. The predicted molar refractivity (Wildman–Crippen MR) is 90.2 cm³/mol. The normalized spacial score (nSPS) is 10.5. The number of anilines is 1. The summed E-state index contributed by atoms with van der Waals surface area (Å²) in [6, 6.07) is 10.4. The van der Waals surface area contributed by atoms with Gasteiger partial charge in [0.25, 0.3) is 5.91 Å². The fourth-order valence-corrected chi connectivity index (χ4v) is 2.80. The van der Waals surface area contributed by atoms with E-state index in [4.69, 9.17) is 4.42 Å². The van der Waals surface area contributed by atoms with Crippen LogP contribution < -0.4 is 5.32 Å². The van der Waals surface area contributed by atoms with Crippen LogP contribution in [0.15, 0.2) is 46.2 Å². The van der Waals surface area contributed by atoms with Crippen LogP contribution in [0.4, 0.5) is 11.0 Å². The highest BCUT2D eigenvalue weighted by Gasteiger charge is 2.18. The summed E-state index contributed by atoms with van der Waals surface area (Å²) in [5.74, 6) is -1.19. The van der Waals surface area contributed by atoms with Crippen LogP contribution in [0.2, 0.25) is 0 Å². The topological polar surface area (TPSA) is 98.3 Å². The summed E-state index contributed by atoms with van der Waals surface area (Å²) < 4.78 is 4.86. The van der Waals surface area contributed by atoms with Crippen molar-refractivity contribution in [3.05, 3.63) is 63.2 Å². The molecule has 0 radical (unpaired) electrons. The Balaban J connectivity index is 1.72. The van der Waals surface area contributed by atoms with Crippen LogP contribution in [0, 0.1) is 10.1 Å². The molecule has 2 aromatic heterocycles. The largest absolute Gasteiger partial charge is 0.433 e. The molecule has 1 aromatic carbocycles. The molecule has 0 saturated carbocycles. The van der Waals surface area contributed by atoms with Crippen molar-refractivity contribution in [3.63, 3.8) is 0 Å². The van der Waals surface area contributed by atoms with Crippen LogP contribution in [0.3, 0.4) is 0 Å². The maximum absolute atomic E-state index is 12.0. The number of hydrogen-bond donors (Lipinski definition) is 1. The monoisotopic (exact) mass is 343 g/mol. The smallest absolute Gasteiger partial charge is 0.395 e. The van der Waals surface area contributed by atoms with Crippen LogP contribution in [-0.4, -0.2) is 15.8 Å². The van der Waals surface area contributed by atoms with Crippen molar-refractivity contribution in [1.82, 2.24) is 4.98 Å². The molecule has 0 aliphatic rings. The highest BCUT2D eigenvalue weighted by molar-refractivity contribution is 7.14. The zero-order valence-corrected chi connectivity index (χ0v) is 13.5. The Morgan fingerprint density at radius 3 is 2.67 bits per heavy atom. The molecule has 1 N–H and O–H groups in total. The molecule has 0 bridgehead atoms. The standard InChI is InChI=1S/C16H13N3O4S/c1-2-10-3-5-11(6-4-10)12-9-24-16(17-12)18-15(20)13-7-8-14(23-13)19(21)22/h3-9H,2H2,1H3,(H,17,18,20). The van der Waals surface area contributed by atoms with Crippen molar-refractivity contribution in [3.8, 4) is 11.3 Å².